The fourth-order valence-corrected chi connectivity index (χ4v) is 3.33. The summed E-state index contributed by atoms with van der Waals surface area (Å²) in [4.78, 5) is 23.7. The smallest absolute Gasteiger partial charge is 0.255 e. The minimum absolute atomic E-state index is 0.0140. The molecule has 0 saturated heterocycles. The Labute approximate surface area is 149 Å². The minimum Gasteiger partial charge on any atom is -0.367 e. The first kappa shape index (κ1) is 15.2. The molecule has 1 N–H and O–H groups in total. The average molecular weight is 350 g/mol. The van der Waals surface area contributed by atoms with Gasteiger partial charge in [0.05, 0.1) is 11.3 Å². The molecule has 9 nitrogen and oxygen atoms in total. The first-order valence-electron chi connectivity index (χ1n) is 8.84. The number of carbonyl (C=O) groups is 1. The van der Waals surface area contributed by atoms with Crippen LogP contribution in [0.4, 0.5) is 5.82 Å². The second-order valence-electron chi connectivity index (χ2n) is 6.76. The number of hydrogen-bond acceptors (Lipinski definition) is 7. The maximum Gasteiger partial charge on any atom is 0.255 e. The Morgan fingerprint density at radius 2 is 2.04 bits per heavy atom. The normalized spacial score (nSPS) is 17.0. The summed E-state index contributed by atoms with van der Waals surface area (Å²) >= 11 is 0. The zero-order chi connectivity index (χ0) is 17.5. The molecule has 3 aromatic heterocycles. The van der Waals surface area contributed by atoms with Gasteiger partial charge in [-0.05, 0) is 41.8 Å². The van der Waals surface area contributed by atoms with Crippen molar-refractivity contribution in [3.8, 4) is 0 Å². The van der Waals surface area contributed by atoms with Gasteiger partial charge in [-0.2, -0.15) is 4.52 Å². The van der Waals surface area contributed by atoms with Crippen LogP contribution in [0.25, 0.3) is 5.65 Å². The summed E-state index contributed by atoms with van der Waals surface area (Å²) in [5.74, 6) is 0.918. The summed E-state index contributed by atoms with van der Waals surface area (Å²) in [7, 11) is 0. The lowest BCUT2D eigenvalue weighted by molar-refractivity contribution is 0.0762. The van der Waals surface area contributed by atoms with Gasteiger partial charge in [-0.15, -0.1) is 5.10 Å². The summed E-state index contributed by atoms with van der Waals surface area (Å²) in [6, 6.07) is 4.06. The molecule has 4 heterocycles. The molecule has 0 bridgehead atoms. The Balaban J connectivity index is 1.37. The van der Waals surface area contributed by atoms with E-state index < -0.39 is 0 Å². The Morgan fingerprint density at radius 3 is 2.92 bits per heavy atom. The van der Waals surface area contributed by atoms with Crippen molar-refractivity contribution in [1.29, 1.82) is 0 Å². The predicted octanol–water partition coefficient (Wildman–Crippen LogP) is 0.730. The Morgan fingerprint density at radius 1 is 1.15 bits per heavy atom. The van der Waals surface area contributed by atoms with Gasteiger partial charge in [-0.25, -0.2) is 9.97 Å². The molecule has 1 saturated carbocycles. The van der Waals surface area contributed by atoms with Crippen LogP contribution in [0.3, 0.4) is 0 Å². The number of pyridine rings is 1. The van der Waals surface area contributed by atoms with Crippen molar-refractivity contribution < 1.29 is 4.79 Å². The van der Waals surface area contributed by atoms with Crippen molar-refractivity contribution in [2.75, 3.05) is 18.4 Å². The maximum atomic E-state index is 12.9. The van der Waals surface area contributed by atoms with Crippen LogP contribution in [-0.4, -0.2) is 59.9 Å². The van der Waals surface area contributed by atoms with E-state index in [-0.39, 0.29) is 5.91 Å². The standard InChI is InChI=1S/C17H18N8O/c26-17(11-1-4-15-21-22-23-25(15)9-11)24-7-5-13-14(6-8-24)18-10-19-16(13)20-12-2-3-12/h1,4,9-10,12H,2-3,5-8H2,(H,18,19,20). The first-order chi connectivity index (χ1) is 12.8. The molecule has 3 aromatic rings. The van der Waals surface area contributed by atoms with Gasteiger partial charge in [-0.3, -0.25) is 4.79 Å². The van der Waals surface area contributed by atoms with Gasteiger partial charge in [0.25, 0.3) is 5.91 Å². The number of nitrogens with zero attached hydrogens (tertiary/aromatic N) is 7. The zero-order valence-electron chi connectivity index (χ0n) is 14.2. The van der Waals surface area contributed by atoms with E-state index in [2.05, 4.69) is 30.8 Å². The van der Waals surface area contributed by atoms with Crippen LogP contribution < -0.4 is 5.32 Å². The molecule has 1 amide bonds. The van der Waals surface area contributed by atoms with Crippen molar-refractivity contribution in [1.82, 2.24) is 34.9 Å². The average Bonchev–Trinajstić information content (AvgIpc) is 3.40. The number of carbonyl (C=O) groups excluding carboxylic acids is 1. The fraction of sp³-hybridized carbons (Fsp3) is 0.412. The highest BCUT2D eigenvalue weighted by Crippen LogP contribution is 2.28. The summed E-state index contributed by atoms with van der Waals surface area (Å²) in [5.41, 5.74) is 3.38. The highest BCUT2D eigenvalue weighted by atomic mass is 16.2. The van der Waals surface area contributed by atoms with Crippen LogP contribution >= 0.6 is 0 Å². The van der Waals surface area contributed by atoms with Crippen LogP contribution in [0.5, 0.6) is 0 Å². The van der Waals surface area contributed by atoms with Crippen LogP contribution in [0.15, 0.2) is 24.7 Å². The molecule has 1 aliphatic carbocycles. The molecule has 0 unspecified atom stereocenters. The van der Waals surface area contributed by atoms with E-state index in [1.165, 1.54) is 17.4 Å². The van der Waals surface area contributed by atoms with E-state index in [1.54, 1.807) is 24.7 Å². The number of nitrogens with one attached hydrogen (secondary N) is 1. The summed E-state index contributed by atoms with van der Waals surface area (Å²) in [5, 5.41) is 14.8. The molecule has 26 heavy (non-hydrogen) atoms. The second kappa shape index (κ2) is 6.01. The van der Waals surface area contributed by atoms with Gasteiger partial charge < -0.3 is 10.2 Å². The van der Waals surface area contributed by atoms with E-state index >= 15 is 0 Å². The van der Waals surface area contributed by atoms with Gasteiger partial charge >= 0.3 is 0 Å². The molecule has 0 atom stereocenters. The number of hydrogen-bond donors (Lipinski definition) is 1. The Kier molecular flexibility index (Phi) is 3.51. The number of aromatic nitrogens is 6. The lowest BCUT2D eigenvalue weighted by Gasteiger charge is -2.20. The highest BCUT2D eigenvalue weighted by Gasteiger charge is 2.26. The van der Waals surface area contributed by atoms with Crippen LogP contribution in [-0.2, 0) is 12.8 Å². The quantitative estimate of drug-likeness (QED) is 0.743. The first-order valence-corrected chi connectivity index (χ1v) is 8.84. The molecule has 1 aliphatic heterocycles. The van der Waals surface area contributed by atoms with Gasteiger partial charge in [0.15, 0.2) is 5.65 Å². The van der Waals surface area contributed by atoms with Gasteiger partial charge in [0, 0.05) is 37.3 Å². The third-order valence-corrected chi connectivity index (χ3v) is 4.93. The largest absolute Gasteiger partial charge is 0.367 e. The topological polar surface area (TPSA) is 101 Å². The van der Waals surface area contributed by atoms with Crippen molar-refractivity contribution >= 4 is 17.4 Å². The summed E-state index contributed by atoms with van der Waals surface area (Å²) in [6.07, 6.45) is 7.18. The Bertz CT molecular complexity index is 980. The molecule has 1 fully saturated rings. The van der Waals surface area contributed by atoms with Crippen molar-refractivity contribution in [3.05, 3.63) is 41.5 Å². The van der Waals surface area contributed by atoms with Crippen LogP contribution in [0.2, 0.25) is 0 Å². The molecule has 0 radical (unpaired) electrons. The molecular formula is C17H18N8O. The maximum absolute atomic E-state index is 12.9. The zero-order valence-corrected chi connectivity index (χ0v) is 14.2. The number of amides is 1. The predicted molar refractivity (Wildman–Crippen MR) is 92.8 cm³/mol. The molecule has 0 aromatic carbocycles. The Hall–Kier alpha value is -3.10. The second-order valence-corrected chi connectivity index (χ2v) is 6.76. The third-order valence-electron chi connectivity index (χ3n) is 4.93. The molecular weight excluding hydrogens is 332 g/mol. The molecule has 132 valence electrons. The lowest BCUT2D eigenvalue weighted by Crippen LogP contribution is -2.33. The molecule has 0 spiro atoms. The fourth-order valence-electron chi connectivity index (χ4n) is 3.33. The van der Waals surface area contributed by atoms with E-state index in [9.17, 15) is 4.79 Å². The van der Waals surface area contributed by atoms with E-state index in [0.717, 1.165) is 29.9 Å². The molecule has 5 rings (SSSR count). The van der Waals surface area contributed by atoms with Crippen LogP contribution in [0.1, 0.15) is 34.5 Å². The SMILES string of the molecule is O=C(c1ccc2nnnn2c1)N1CCc2ncnc(NC3CC3)c2CC1. The third kappa shape index (κ3) is 2.75. The van der Waals surface area contributed by atoms with Gasteiger partial charge in [-0.1, -0.05) is 0 Å². The minimum atomic E-state index is -0.0140. The van der Waals surface area contributed by atoms with Crippen molar-refractivity contribution in [3.63, 3.8) is 0 Å². The van der Waals surface area contributed by atoms with Crippen molar-refractivity contribution in [2.45, 2.75) is 31.7 Å². The van der Waals surface area contributed by atoms with Crippen molar-refractivity contribution in [2.24, 2.45) is 0 Å². The number of anilines is 1. The molecule has 2 aliphatic rings. The van der Waals surface area contributed by atoms with E-state index in [1.807, 2.05) is 4.90 Å². The van der Waals surface area contributed by atoms with E-state index in [4.69, 9.17) is 0 Å². The number of tetrazole rings is 1. The number of fused-ring (bicyclic) bond motifs is 2. The highest BCUT2D eigenvalue weighted by molar-refractivity contribution is 5.94. The molecule has 9 heteroatoms. The van der Waals surface area contributed by atoms with E-state index in [0.29, 0.717) is 30.3 Å². The van der Waals surface area contributed by atoms with Crippen LogP contribution in [0, 0.1) is 0 Å². The van der Waals surface area contributed by atoms with Gasteiger partial charge in [0.1, 0.15) is 12.1 Å². The summed E-state index contributed by atoms with van der Waals surface area (Å²) in [6.45, 7) is 1.28. The lowest BCUT2D eigenvalue weighted by atomic mass is 10.1. The van der Waals surface area contributed by atoms with Gasteiger partial charge in [0.2, 0.25) is 0 Å². The monoisotopic (exact) mass is 350 g/mol. The number of rotatable bonds is 3. The summed E-state index contributed by atoms with van der Waals surface area (Å²) < 4.78 is 1.52.